The highest BCUT2D eigenvalue weighted by Crippen LogP contribution is 2.19. The third-order valence-electron chi connectivity index (χ3n) is 1.98. The van der Waals surface area contributed by atoms with E-state index >= 15 is 0 Å². The van der Waals surface area contributed by atoms with Crippen LogP contribution in [0.1, 0.15) is 28.9 Å². The fourth-order valence-electron chi connectivity index (χ4n) is 1.24. The van der Waals surface area contributed by atoms with Crippen molar-refractivity contribution < 1.29 is 23.8 Å². The minimum absolute atomic E-state index is 0.0369. The molecule has 0 aliphatic rings. The lowest BCUT2D eigenvalue weighted by Crippen LogP contribution is -2.17. The minimum Gasteiger partial charge on any atom is -0.464 e. The fourth-order valence-corrected chi connectivity index (χ4v) is 1.24. The maximum Gasteiger partial charge on any atom is 0.339 e. The molecule has 16 heavy (non-hydrogen) atoms. The molecular weight excluding hydrogens is 215 g/mol. The van der Waals surface area contributed by atoms with E-state index in [-0.39, 0.29) is 17.7 Å². The number of halogens is 1. The first kappa shape index (κ1) is 12.3. The zero-order chi connectivity index (χ0) is 12.1. The van der Waals surface area contributed by atoms with Gasteiger partial charge in [0.1, 0.15) is 5.82 Å². The molecule has 4 nitrogen and oxygen atoms in total. The van der Waals surface area contributed by atoms with Crippen molar-refractivity contribution in [3.05, 3.63) is 35.1 Å². The highest BCUT2D eigenvalue weighted by atomic mass is 19.1. The zero-order valence-electron chi connectivity index (χ0n) is 8.64. The van der Waals surface area contributed by atoms with E-state index in [2.05, 4.69) is 4.74 Å². The number of carbonyl (C=O) groups excluding carboxylic acids is 2. The van der Waals surface area contributed by atoms with Crippen LogP contribution < -0.4 is 0 Å². The van der Waals surface area contributed by atoms with Crippen LogP contribution >= 0.6 is 0 Å². The number of aliphatic hydroxyl groups excluding tert-OH is 1. The van der Waals surface area contributed by atoms with Crippen LogP contribution in [-0.4, -0.2) is 24.0 Å². The Hall–Kier alpha value is -1.75. The molecule has 0 heterocycles. The molecule has 0 amide bonds. The largest absolute Gasteiger partial charge is 0.464 e. The predicted octanol–water partition coefficient (Wildman–Crippen LogP) is 1.23. The quantitative estimate of drug-likeness (QED) is 0.619. The summed E-state index contributed by atoms with van der Waals surface area (Å²) in [6, 6.07) is 3.19. The summed E-state index contributed by atoms with van der Waals surface area (Å²) in [7, 11) is 0. The van der Waals surface area contributed by atoms with Gasteiger partial charge in [0.25, 0.3) is 0 Å². The third kappa shape index (κ3) is 2.64. The van der Waals surface area contributed by atoms with Gasteiger partial charge >= 0.3 is 5.97 Å². The molecule has 0 aliphatic carbocycles. The molecule has 1 aromatic carbocycles. The molecule has 0 aromatic heterocycles. The molecule has 0 saturated carbocycles. The summed E-state index contributed by atoms with van der Waals surface area (Å²) in [4.78, 5) is 21.8. The van der Waals surface area contributed by atoms with Gasteiger partial charge in [-0.3, -0.25) is 4.79 Å². The molecule has 1 rings (SSSR count). The summed E-state index contributed by atoms with van der Waals surface area (Å²) in [5, 5.41) is 9.57. The Kier molecular flexibility index (Phi) is 4.13. The summed E-state index contributed by atoms with van der Waals surface area (Å²) in [5.74, 6) is -1.47. The molecule has 0 aliphatic heterocycles. The number of benzene rings is 1. The molecule has 0 bridgehead atoms. The Morgan fingerprint density at radius 2 is 2.31 bits per heavy atom. The van der Waals surface area contributed by atoms with Crippen LogP contribution in [0.4, 0.5) is 4.39 Å². The standard InChI is InChI=1S/C11H11FO4/c1-2-16-11(15)10(14)9-4-3-8(12)5-7(9)6-13/h3-6,10,14H,2H2,1H3. The smallest absolute Gasteiger partial charge is 0.339 e. The molecule has 0 fully saturated rings. The lowest BCUT2D eigenvalue weighted by atomic mass is 10.0. The second kappa shape index (κ2) is 5.37. The monoisotopic (exact) mass is 226 g/mol. The first-order valence-electron chi connectivity index (χ1n) is 4.69. The number of esters is 1. The van der Waals surface area contributed by atoms with Crippen molar-refractivity contribution in [2.45, 2.75) is 13.0 Å². The van der Waals surface area contributed by atoms with E-state index in [1.807, 2.05) is 0 Å². The molecule has 1 unspecified atom stereocenters. The molecule has 1 atom stereocenters. The van der Waals surface area contributed by atoms with Gasteiger partial charge in [0.15, 0.2) is 12.4 Å². The molecule has 1 N–H and O–H groups in total. The highest BCUT2D eigenvalue weighted by Gasteiger charge is 2.21. The molecule has 0 spiro atoms. The van der Waals surface area contributed by atoms with E-state index in [1.165, 1.54) is 6.07 Å². The Morgan fingerprint density at radius 1 is 1.62 bits per heavy atom. The second-order valence-electron chi connectivity index (χ2n) is 3.05. The van der Waals surface area contributed by atoms with E-state index in [4.69, 9.17) is 0 Å². The molecule has 5 heteroatoms. The first-order valence-corrected chi connectivity index (χ1v) is 4.69. The number of rotatable bonds is 4. The molecule has 0 saturated heterocycles. The molecule has 1 aromatic rings. The van der Waals surface area contributed by atoms with Gasteiger partial charge in [-0.25, -0.2) is 9.18 Å². The number of carbonyl (C=O) groups is 2. The van der Waals surface area contributed by atoms with Crippen LogP contribution in [0, 0.1) is 5.82 Å². The minimum atomic E-state index is -1.57. The van der Waals surface area contributed by atoms with Gasteiger partial charge in [-0.15, -0.1) is 0 Å². The van der Waals surface area contributed by atoms with E-state index < -0.39 is 17.9 Å². The van der Waals surface area contributed by atoms with E-state index in [0.29, 0.717) is 6.29 Å². The Morgan fingerprint density at radius 3 is 2.88 bits per heavy atom. The summed E-state index contributed by atoms with van der Waals surface area (Å²) < 4.78 is 17.4. The van der Waals surface area contributed by atoms with Crippen LogP contribution in [0.5, 0.6) is 0 Å². The van der Waals surface area contributed by atoms with E-state index in [1.54, 1.807) is 6.92 Å². The first-order chi connectivity index (χ1) is 7.60. The van der Waals surface area contributed by atoms with Crippen molar-refractivity contribution in [1.82, 2.24) is 0 Å². The molecule has 0 radical (unpaired) electrons. The molecule has 86 valence electrons. The van der Waals surface area contributed by atoms with Crippen LogP contribution in [0.25, 0.3) is 0 Å². The summed E-state index contributed by atoms with van der Waals surface area (Å²) in [6.07, 6.45) is -1.19. The van der Waals surface area contributed by atoms with Gasteiger partial charge in [0.05, 0.1) is 6.61 Å². The zero-order valence-corrected chi connectivity index (χ0v) is 8.64. The summed E-state index contributed by atoms with van der Waals surface area (Å²) >= 11 is 0. The second-order valence-corrected chi connectivity index (χ2v) is 3.05. The van der Waals surface area contributed by atoms with Gasteiger partial charge in [-0.1, -0.05) is 6.07 Å². The average Bonchev–Trinajstić information content (AvgIpc) is 2.28. The number of aliphatic hydroxyl groups is 1. The van der Waals surface area contributed by atoms with Gasteiger partial charge in [0, 0.05) is 11.1 Å². The highest BCUT2D eigenvalue weighted by molar-refractivity contribution is 5.83. The Balaban J connectivity index is 3.03. The van der Waals surface area contributed by atoms with Crippen molar-refractivity contribution in [3.8, 4) is 0 Å². The van der Waals surface area contributed by atoms with Gasteiger partial charge in [-0.2, -0.15) is 0 Å². The molecular formula is C11H11FO4. The third-order valence-corrected chi connectivity index (χ3v) is 1.98. The maximum absolute atomic E-state index is 12.8. The SMILES string of the molecule is CCOC(=O)C(O)c1ccc(F)cc1C=O. The normalized spacial score (nSPS) is 11.9. The van der Waals surface area contributed by atoms with Crippen molar-refractivity contribution in [1.29, 1.82) is 0 Å². The van der Waals surface area contributed by atoms with Crippen LogP contribution in [0.15, 0.2) is 18.2 Å². The Labute approximate surface area is 91.7 Å². The number of aldehydes is 1. The number of ether oxygens (including phenoxy) is 1. The van der Waals surface area contributed by atoms with Crippen molar-refractivity contribution in [2.24, 2.45) is 0 Å². The topological polar surface area (TPSA) is 63.6 Å². The van der Waals surface area contributed by atoms with Crippen LogP contribution in [0.3, 0.4) is 0 Å². The maximum atomic E-state index is 12.8. The Bertz CT molecular complexity index is 403. The lowest BCUT2D eigenvalue weighted by molar-refractivity contribution is -0.153. The van der Waals surface area contributed by atoms with E-state index in [9.17, 15) is 19.1 Å². The average molecular weight is 226 g/mol. The van der Waals surface area contributed by atoms with E-state index in [0.717, 1.165) is 12.1 Å². The van der Waals surface area contributed by atoms with Crippen LogP contribution in [-0.2, 0) is 9.53 Å². The fraction of sp³-hybridized carbons (Fsp3) is 0.273. The van der Waals surface area contributed by atoms with Gasteiger partial charge in [0.2, 0.25) is 0 Å². The predicted molar refractivity (Wildman–Crippen MR) is 53.4 cm³/mol. The van der Waals surface area contributed by atoms with Crippen molar-refractivity contribution >= 4 is 12.3 Å². The van der Waals surface area contributed by atoms with Gasteiger partial charge < -0.3 is 9.84 Å². The summed E-state index contributed by atoms with van der Waals surface area (Å²) in [6.45, 7) is 1.71. The number of hydrogen-bond acceptors (Lipinski definition) is 4. The van der Waals surface area contributed by atoms with Crippen molar-refractivity contribution in [3.63, 3.8) is 0 Å². The number of hydrogen-bond donors (Lipinski definition) is 1. The summed E-state index contributed by atoms with van der Waals surface area (Å²) in [5.41, 5.74) is -0.0320. The van der Waals surface area contributed by atoms with Gasteiger partial charge in [-0.05, 0) is 19.1 Å². The van der Waals surface area contributed by atoms with Crippen LogP contribution in [0.2, 0.25) is 0 Å². The van der Waals surface area contributed by atoms with Crippen molar-refractivity contribution in [2.75, 3.05) is 6.61 Å². The lowest BCUT2D eigenvalue weighted by Gasteiger charge is -2.11.